The SMILES string of the molecule is C=C(C1=CC2CCC(C1)N2C(=O)OCc1ccccc1)[Si](C)(C)C. The Morgan fingerprint density at radius 2 is 1.96 bits per heavy atom. The first-order valence-corrected chi connectivity index (χ1v) is 12.3. The minimum Gasteiger partial charge on any atom is -0.445 e. The molecule has 2 atom stereocenters. The third-order valence-corrected chi connectivity index (χ3v) is 7.24. The molecule has 2 heterocycles. The highest BCUT2D eigenvalue weighted by Gasteiger charge is 2.41. The van der Waals surface area contributed by atoms with Crippen LogP contribution in [0.15, 0.2) is 53.8 Å². The molecule has 0 aromatic heterocycles. The zero-order valence-electron chi connectivity index (χ0n) is 14.9. The molecule has 1 aromatic rings. The van der Waals surface area contributed by atoms with E-state index in [9.17, 15) is 4.79 Å². The van der Waals surface area contributed by atoms with Crippen LogP contribution in [-0.4, -0.2) is 31.2 Å². The lowest BCUT2D eigenvalue weighted by Gasteiger charge is -2.35. The van der Waals surface area contributed by atoms with Gasteiger partial charge in [0, 0.05) is 6.04 Å². The fraction of sp³-hybridized carbons (Fsp3) is 0.450. The van der Waals surface area contributed by atoms with E-state index in [-0.39, 0.29) is 18.2 Å². The van der Waals surface area contributed by atoms with E-state index in [4.69, 9.17) is 4.74 Å². The number of allylic oxidation sites excluding steroid dienone is 1. The summed E-state index contributed by atoms with van der Waals surface area (Å²) in [5, 5.41) is 1.33. The summed E-state index contributed by atoms with van der Waals surface area (Å²) in [7, 11) is -1.39. The minimum absolute atomic E-state index is 0.176. The van der Waals surface area contributed by atoms with E-state index in [1.807, 2.05) is 35.2 Å². The van der Waals surface area contributed by atoms with E-state index in [1.54, 1.807) is 0 Å². The summed E-state index contributed by atoms with van der Waals surface area (Å²) in [6.45, 7) is 11.7. The van der Waals surface area contributed by atoms with Gasteiger partial charge < -0.3 is 4.74 Å². The Bertz CT molecular complexity index is 660. The number of ether oxygens (including phenoxy) is 1. The van der Waals surface area contributed by atoms with Gasteiger partial charge in [0.2, 0.25) is 0 Å². The lowest BCUT2D eigenvalue weighted by atomic mass is 10.0. The number of nitrogens with zero attached hydrogens (tertiary/aromatic N) is 1. The van der Waals surface area contributed by atoms with Crippen molar-refractivity contribution in [2.75, 3.05) is 0 Å². The maximum atomic E-state index is 12.6. The number of hydrogen-bond donors (Lipinski definition) is 0. The highest BCUT2D eigenvalue weighted by molar-refractivity contribution is 6.83. The van der Waals surface area contributed by atoms with Crippen molar-refractivity contribution in [3.63, 3.8) is 0 Å². The summed E-state index contributed by atoms with van der Waals surface area (Å²) >= 11 is 0. The first kappa shape index (κ1) is 17.0. The molecule has 4 heteroatoms. The number of hydrogen-bond acceptors (Lipinski definition) is 2. The Morgan fingerprint density at radius 3 is 2.58 bits per heavy atom. The average Bonchev–Trinajstić information content (AvgIpc) is 2.82. The zero-order chi connectivity index (χ0) is 17.3. The van der Waals surface area contributed by atoms with Crippen molar-refractivity contribution >= 4 is 14.2 Å². The molecule has 1 fully saturated rings. The Hall–Kier alpha value is -1.81. The maximum absolute atomic E-state index is 12.6. The largest absolute Gasteiger partial charge is 0.445 e. The molecule has 2 bridgehead atoms. The van der Waals surface area contributed by atoms with Gasteiger partial charge in [-0.2, -0.15) is 0 Å². The number of fused-ring (bicyclic) bond motifs is 2. The number of carbonyl (C=O) groups is 1. The Kier molecular flexibility index (Phi) is 4.68. The van der Waals surface area contributed by atoms with Crippen LogP contribution in [-0.2, 0) is 11.3 Å². The number of amides is 1. The molecule has 3 nitrogen and oxygen atoms in total. The van der Waals surface area contributed by atoms with Gasteiger partial charge >= 0.3 is 6.09 Å². The molecular weight excluding hydrogens is 314 g/mol. The van der Waals surface area contributed by atoms with Gasteiger partial charge in [0.15, 0.2) is 0 Å². The van der Waals surface area contributed by atoms with Crippen molar-refractivity contribution in [1.29, 1.82) is 0 Å². The van der Waals surface area contributed by atoms with Crippen LogP contribution in [0.1, 0.15) is 24.8 Å². The van der Waals surface area contributed by atoms with Crippen LogP contribution in [0, 0.1) is 0 Å². The second-order valence-corrected chi connectivity index (χ2v) is 13.0. The van der Waals surface area contributed by atoms with E-state index >= 15 is 0 Å². The highest BCUT2D eigenvalue weighted by atomic mass is 28.3. The zero-order valence-corrected chi connectivity index (χ0v) is 15.9. The predicted molar refractivity (Wildman–Crippen MR) is 100 cm³/mol. The van der Waals surface area contributed by atoms with Crippen LogP contribution in [0.4, 0.5) is 4.79 Å². The van der Waals surface area contributed by atoms with Gasteiger partial charge in [-0.25, -0.2) is 4.79 Å². The molecule has 1 saturated heterocycles. The summed E-state index contributed by atoms with van der Waals surface area (Å²) in [4.78, 5) is 14.5. The molecular formula is C20H27NO2Si. The predicted octanol–water partition coefficient (Wildman–Crippen LogP) is 4.92. The van der Waals surface area contributed by atoms with Gasteiger partial charge in [0.25, 0.3) is 0 Å². The third-order valence-electron chi connectivity index (χ3n) is 5.10. The summed E-state index contributed by atoms with van der Waals surface area (Å²) in [5.41, 5.74) is 2.41. The van der Waals surface area contributed by atoms with Crippen molar-refractivity contribution in [3.05, 3.63) is 59.3 Å². The standard InChI is InChI=1S/C20H27NO2Si/c1-15(24(2,3)4)17-12-18-10-11-19(13-17)21(18)20(22)23-14-16-8-6-5-7-9-16/h5-9,12,18-19H,1,10-11,13-14H2,2-4H3. The number of rotatable bonds is 4. The van der Waals surface area contributed by atoms with Crippen LogP contribution >= 0.6 is 0 Å². The van der Waals surface area contributed by atoms with Gasteiger partial charge in [-0.15, -0.1) is 0 Å². The van der Waals surface area contributed by atoms with Crippen molar-refractivity contribution < 1.29 is 9.53 Å². The molecule has 24 heavy (non-hydrogen) atoms. The Balaban J connectivity index is 1.67. The highest BCUT2D eigenvalue weighted by Crippen LogP contribution is 2.39. The van der Waals surface area contributed by atoms with Crippen molar-refractivity contribution in [2.45, 2.75) is 57.6 Å². The van der Waals surface area contributed by atoms with Gasteiger partial charge in [0.05, 0.1) is 14.1 Å². The van der Waals surface area contributed by atoms with Crippen molar-refractivity contribution in [3.8, 4) is 0 Å². The number of carbonyl (C=O) groups excluding carboxylic acids is 1. The second-order valence-electron chi connectivity index (χ2n) is 7.87. The van der Waals surface area contributed by atoms with Gasteiger partial charge in [0.1, 0.15) is 6.61 Å². The van der Waals surface area contributed by atoms with E-state index in [0.717, 1.165) is 24.8 Å². The first-order valence-electron chi connectivity index (χ1n) is 8.76. The third kappa shape index (κ3) is 3.48. The van der Waals surface area contributed by atoms with Gasteiger partial charge in [-0.05, 0) is 30.4 Å². The molecule has 2 aliphatic rings. The molecule has 128 valence electrons. The van der Waals surface area contributed by atoms with E-state index in [0.29, 0.717) is 6.61 Å². The van der Waals surface area contributed by atoms with Gasteiger partial charge in [-0.1, -0.05) is 67.8 Å². The normalized spacial score (nSPS) is 23.0. The Morgan fingerprint density at radius 1 is 1.25 bits per heavy atom. The monoisotopic (exact) mass is 341 g/mol. The molecule has 1 aromatic carbocycles. The maximum Gasteiger partial charge on any atom is 0.410 e. The fourth-order valence-electron chi connectivity index (χ4n) is 3.61. The summed E-state index contributed by atoms with van der Waals surface area (Å²) < 4.78 is 5.56. The molecule has 0 saturated carbocycles. The van der Waals surface area contributed by atoms with Crippen LogP contribution in [0.3, 0.4) is 0 Å². The molecule has 2 unspecified atom stereocenters. The van der Waals surface area contributed by atoms with E-state index < -0.39 is 8.07 Å². The van der Waals surface area contributed by atoms with Crippen LogP contribution < -0.4 is 0 Å². The molecule has 3 rings (SSSR count). The van der Waals surface area contributed by atoms with E-state index in [2.05, 4.69) is 32.3 Å². The summed E-state index contributed by atoms with van der Waals surface area (Å²) in [5.74, 6) is 0. The molecule has 0 radical (unpaired) electrons. The lowest BCUT2D eigenvalue weighted by molar-refractivity contribution is 0.0819. The quantitative estimate of drug-likeness (QED) is 0.728. The Labute approximate surface area is 146 Å². The molecule has 0 aliphatic carbocycles. The van der Waals surface area contributed by atoms with Crippen LogP contribution in [0.2, 0.25) is 19.6 Å². The first-order chi connectivity index (χ1) is 11.4. The van der Waals surface area contributed by atoms with E-state index in [1.165, 1.54) is 10.8 Å². The topological polar surface area (TPSA) is 29.5 Å². The van der Waals surface area contributed by atoms with Crippen LogP contribution in [0.25, 0.3) is 0 Å². The fourth-order valence-corrected chi connectivity index (χ4v) is 4.76. The van der Waals surface area contributed by atoms with Gasteiger partial charge in [-0.3, -0.25) is 4.90 Å². The molecule has 0 spiro atoms. The molecule has 2 aliphatic heterocycles. The minimum atomic E-state index is -1.39. The molecule has 1 amide bonds. The average molecular weight is 342 g/mol. The van der Waals surface area contributed by atoms with Crippen molar-refractivity contribution in [1.82, 2.24) is 4.90 Å². The second kappa shape index (κ2) is 6.59. The number of benzene rings is 1. The van der Waals surface area contributed by atoms with Crippen LogP contribution in [0.5, 0.6) is 0 Å². The van der Waals surface area contributed by atoms with Crippen molar-refractivity contribution in [2.24, 2.45) is 0 Å². The smallest absolute Gasteiger partial charge is 0.410 e. The molecule has 0 N–H and O–H groups in total. The lowest BCUT2D eigenvalue weighted by Crippen LogP contribution is -2.44. The summed E-state index contributed by atoms with van der Waals surface area (Å²) in [6, 6.07) is 10.3. The summed E-state index contributed by atoms with van der Waals surface area (Å²) in [6.07, 6.45) is 5.12.